The minimum absolute atomic E-state index is 0. The number of carbonyl (C=O) groups excluding carboxylic acids is 1. The molecular weight excluding hydrogens is 296 g/mol. The fourth-order valence-corrected chi connectivity index (χ4v) is 2.61. The molecule has 0 aromatic heterocycles. The van der Waals surface area contributed by atoms with Crippen LogP contribution >= 0.6 is 0 Å². The minimum atomic E-state index is -0.135. The second-order valence-corrected chi connectivity index (χ2v) is 5.11. The van der Waals surface area contributed by atoms with E-state index >= 15 is 0 Å². The van der Waals surface area contributed by atoms with Gasteiger partial charge in [-0.05, 0) is 18.4 Å². The van der Waals surface area contributed by atoms with Crippen LogP contribution in [0.5, 0.6) is 0 Å². The number of nitrogens with two attached hydrogens (primary N) is 1. The first kappa shape index (κ1) is 17.2. The number of likely N-dealkylation sites (tertiary alicyclic amines) is 1. The van der Waals surface area contributed by atoms with Crippen LogP contribution in [-0.4, -0.2) is 36.6 Å². The Hall–Kier alpha value is -0.871. The molecule has 1 aliphatic rings. The Morgan fingerprint density at radius 2 is 2.05 bits per heavy atom. The van der Waals surface area contributed by atoms with E-state index in [1.165, 1.54) is 5.56 Å². The van der Waals surface area contributed by atoms with Gasteiger partial charge in [-0.1, -0.05) is 30.3 Å². The van der Waals surface area contributed by atoms with Gasteiger partial charge in [-0.25, -0.2) is 0 Å². The van der Waals surface area contributed by atoms with Crippen molar-refractivity contribution in [1.29, 1.82) is 0 Å². The van der Waals surface area contributed by atoms with Crippen molar-refractivity contribution >= 4 is 5.97 Å². The average molecular weight is 318 g/mol. The van der Waals surface area contributed by atoms with E-state index in [0.717, 1.165) is 19.6 Å². The Morgan fingerprint density at radius 1 is 1.35 bits per heavy atom. The van der Waals surface area contributed by atoms with Crippen molar-refractivity contribution in [1.82, 2.24) is 4.90 Å². The molecule has 0 spiro atoms. The summed E-state index contributed by atoms with van der Waals surface area (Å²) in [6.07, 6.45) is 0.431. The second kappa shape index (κ2) is 8.42. The van der Waals surface area contributed by atoms with Crippen LogP contribution in [0.1, 0.15) is 18.9 Å². The Bertz CT molecular complexity index is 414. The van der Waals surface area contributed by atoms with Crippen molar-refractivity contribution in [2.45, 2.75) is 25.9 Å². The molecular formula is C15H22FeN2O2. The van der Waals surface area contributed by atoms with E-state index in [0.29, 0.717) is 13.0 Å². The van der Waals surface area contributed by atoms with Crippen molar-refractivity contribution in [3.63, 3.8) is 0 Å². The van der Waals surface area contributed by atoms with Gasteiger partial charge < -0.3 is 10.5 Å². The van der Waals surface area contributed by atoms with Crippen molar-refractivity contribution < 1.29 is 26.6 Å². The van der Waals surface area contributed by atoms with Gasteiger partial charge in [0.05, 0.1) is 13.0 Å². The molecule has 1 fully saturated rings. The number of esters is 1. The quantitative estimate of drug-likeness (QED) is 0.659. The summed E-state index contributed by atoms with van der Waals surface area (Å²) >= 11 is 0. The van der Waals surface area contributed by atoms with Crippen LogP contribution in [0.15, 0.2) is 30.3 Å². The van der Waals surface area contributed by atoms with E-state index in [4.69, 9.17) is 10.5 Å². The molecule has 20 heavy (non-hydrogen) atoms. The summed E-state index contributed by atoms with van der Waals surface area (Å²) in [6.45, 7) is 4.88. The molecule has 4 nitrogen and oxygen atoms in total. The second-order valence-electron chi connectivity index (χ2n) is 5.11. The first-order valence-electron chi connectivity index (χ1n) is 6.86. The minimum Gasteiger partial charge on any atom is -0.466 e. The maximum absolute atomic E-state index is 11.5. The summed E-state index contributed by atoms with van der Waals surface area (Å²) in [5.41, 5.74) is 7.40. The SMILES string of the molecule is CCOC(=O)CC1CN(Cc2ccccc2)CC1N.[Fe]. The summed E-state index contributed by atoms with van der Waals surface area (Å²) in [5, 5.41) is 0. The van der Waals surface area contributed by atoms with Gasteiger partial charge in [0.1, 0.15) is 0 Å². The van der Waals surface area contributed by atoms with Crippen LogP contribution < -0.4 is 5.73 Å². The van der Waals surface area contributed by atoms with E-state index in [-0.39, 0.29) is 35.0 Å². The maximum atomic E-state index is 11.5. The number of hydrogen-bond acceptors (Lipinski definition) is 4. The topological polar surface area (TPSA) is 55.6 Å². The van der Waals surface area contributed by atoms with Crippen molar-refractivity contribution in [3.05, 3.63) is 35.9 Å². The van der Waals surface area contributed by atoms with E-state index in [2.05, 4.69) is 17.0 Å². The van der Waals surface area contributed by atoms with Crippen molar-refractivity contribution in [2.24, 2.45) is 11.7 Å². The van der Waals surface area contributed by atoms with Gasteiger partial charge in [0.2, 0.25) is 0 Å². The summed E-state index contributed by atoms with van der Waals surface area (Å²) in [7, 11) is 0. The van der Waals surface area contributed by atoms with Crippen LogP contribution in [-0.2, 0) is 33.1 Å². The molecule has 1 heterocycles. The number of hydrogen-bond donors (Lipinski definition) is 1. The summed E-state index contributed by atoms with van der Waals surface area (Å²) in [5.74, 6) is 0.0762. The smallest absolute Gasteiger partial charge is 0.306 e. The van der Waals surface area contributed by atoms with E-state index in [1.54, 1.807) is 0 Å². The van der Waals surface area contributed by atoms with Crippen molar-refractivity contribution in [3.8, 4) is 0 Å². The number of carbonyl (C=O) groups is 1. The molecule has 112 valence electrons. The summed E-state index contributed by atoms with van der Waals surface area (Å²) in [4.78, 5) is 13.8. The molecule has 0 aliphatic carbocycles. The first-order chi connectivity index (χ1) is 9.19. The molecule has 0 bridgehead atoms. The van der Waals surface area contributed by atoms with Gasteiger partial charge in [-0.3, -0.25) is 9.69 Å². The molecule has 2 N–H and O–H groups in total. The number of benzene rings is 1. The molecule has 1 aromatic carbocycles. The van der Waals surface area contributed by atoms with Gasteiger partial charge in [-0.2, -0.15) is 0 Å². The van der Waals surface area contributed by atoms with E-state index in [9.17, 15) is 4.79 Å². The van der Waals surface area contributed by atoms with Crippen LogP contribution in [0, 0.1) is 5.92 Å². The van der Waals surface area contributed by atoms with Gasteiger partial charge in [0, 0.05) is 42.7 Å². The van der Waals surface area contributed by atoms with Gasteiger partial charge in [0.25, 0.3) is 0 Å². The molecule has 2 rings (SSSR count). The number of ether oxygens (including phenoxy) is 1. The van der Waals surface area contributed by atoms with Crippen molar-refractivity contribution in [2.75, 3.05) is 19.7 Å². The molecule has 5 heteroatoms. The Morgan fingerprint density at radius 3 is 2.70 bits per heavy atom. The molecule has 0 amide bonds. The van der Waals surface area contributed by atoms with E-state index < -0.39 is 0 Å². The molecule has 1 aromatic rings. The zero-order valence-corrected chi connectivity index (χ0v) is 12.9. The third kappa shape index (κ3) is 4.91. The molecule has 2 unspecified atom stereocenters. The molecule has 2 atom stereocenters. The number of rotatable bonds is 5. The molecule has 1 saturated heterocycles. The fraction of sp³-hybridized carbons (Fsp3) is 0.533. The molecule has 1 aliphatic heterocycles. The zero-order valence-electron chi connectivity index (χ0n) is 11.8. The van der Waals surface area contributed by atoms with Gasteiger partial charge >= 0.3 is 5.97 Å². The Balaban J connectivity index is 0.00000200. The van der Waals surface area contributed by atoms with Gasteiger partial charge in [-0.15, -0.1) is 0 Å². The first-order valence-corrected chi connectivity index (χ1v) is 6.86. The standard InChI is InChI=1S/C15H22N2O2.Fe/c1-2-19-15(18)8-13-10-17(11-14(13)16)9-12-6-4-3-5-7-12;/h3-7,13-14H,2,8-11,16H2,1H3;. The summed E-state index contributed by atoms with van der Waals surface area (Å²) < 4.78 is 4.99. The average Bonchev–Trinajstić information content (AvgIpc) is 2.71. The Labute approximate surface area is 131 Å². The van der Waals surface area contributed by atoms with Crippen LogP contribution in [0.25, 0.3) is 0 Å². The van der Waals surface area contributed by atoms with Gasteiger partial charge in [0.15, 0.2) is 0 Å². The van der Waals surface area contributed by atoms with Crippen LogP contribution in [0.4, 0.5) is 0 Å². The monoisotopic (exact) mass is 318 g/mol. The predicted octanol–water partition coefficient (Wildman–Crippen LogP) is 1.40. The fourth-order valence-electron chi connectivity index (χ4n) is 2.61. The predicted molar refractivity (Wildman–Crippen MR) is 74.4 cm³/mol. The third-order valence-electron chi connectivity index (χ3n) is 3.55. The molecule has 0 radical (unpaired) electrons. The molecule has 0 saturated carbocycles. The Kier molecular flexibility index (Phi) is 7.24. The van der Waals surface area contributed by atoms with E-state index in [1.807, 2.05) is 25.1 Å². The maximum Gasteiger partial charge on any atom is 0.306 e. The largest absolute Gasteiger partial charge is 0.466 e. The normalized spacial score (nSPS) is 22.3. The van der Waals surface area contributed by atoms with Crippen LogP contribution in [0.3, 0.4) is 0 Å². The van der Waals surface area contributed by atoms with Crippen LogP contribution in [0.2, 0.25) is 0 Å². The number of nitrogens with zero attached hydrogens (tertiary/aromatic N) is 1. The summed E-state index contributed by atoms with van der Waals surface area (Å²) in [6, 6.07) is 10.4. The third-order valence-corrected chi connectivity index (χ3v) is 3.55. The zero-order chi connectivity index (χ0) is 13.7.